The summed E-state index contributed by atoms with van der Waals surface area (Å²) in [6, 6.07) is 0. The number of phosphoric acid groups is 1. The lowest BCUT2D eigenvalue weighted by atomic mass is 10.0. The first-order chi connectivity index (χ1) is 31.8. The van der Waals surface area contributed by atoms with Crippen LogP contribution in [0.4, 0.5) is 0 Å². The summed E-state index contributed by atoms with van der Waals surface area (Å²) in [7, 11) is -4.39. The van der Waals surface area contributed by atoms with Crippen LogP contribution < -0.4 is 5.73 Å². The number of carbonyl (C=O) groups excluding carboxylic acids is 2. The van der Waals surface area contributed by atoms with E-state index in [1.807, 2.05) is 0 Å². The van der Waals surface area contributed by atoms with Crippen molar-refractivity contribution >= 4 is 19.8 Å². The summed E-state index contributed by atoms with van der Waals surface area (Å²) in [5, 5.41) is 0. The highest BCUT2D eigenvalue weighted by Gasteiger charge is 2.26. The second-order valence-corrected chi connectivity index (χ2v) is 18.8. The lowest BCUT2D eigenvalue weighted by Crippen LogP contribution is -2.29. The SMILES string of the molecule is CC/C=C\C/C=C\C/C=C\C/C=C\C/C=C\CCCCCCCCCCCCCC(=O)OC(COC(=O)CCCCCCCCC/C=C\CCCCCCCC)COP(=O)(O)OCCN. The van der Waals surface area contributed by atoms with Gasteiger partial charge in [-0.05, 0) is 83.5 Å². The van der Waals surface area contributed by atoms with E-state index in [4.69, 9.17) is 24.3 Å². The molecule has 0 saturated carbocycles. The van der Waals surface area contributed by atoms with Crippen molar-refractivity contribution in [3.8, 4) is 0 Å². The fourth-order valence-electron chi connectivity index (χ4n) is 7.19. The number of esters is 2. The van der Waals surface area contributed by atoms with Gasteiger partial charge in [-0.1, -0.05) is 209 Å². The van der Waals surface area contributed by atoms with E-state index in [-0.39, 0.29) is 38.6 Å². The van der Waals surface area contributed by atoms with Crippen molar-refractivity contribution in [1.82, 2.24) is 0 Å². The average Bonchev–Trinajstić information content (AvgIpc) is 3.30. The first-order valence-electron chi connectivity index (χ1n) is 26.4. The Balaban J connectivity index is 4.03. The maximum Gasteiger partial charge on any atom is 0.472 e. The molecule has 0 fully saturated rings. The fourth-order valence-corrected chi connectivity index (χ4v) is 7.95. The second kappa shape index (κ2) is 50.9. The van der Waals surface area contributed by atoms with E-state index in [2.05, 4.69) is 86.8 Å². The van der Waals surface area contributed by atoms with Gasteiger partial charge in [0.1, 0.15) is 6.61 Å². The Labute approximate surface area is 399 Å². The lowest BCUT2D eigenvalue weighted by Gasteiger charge is -2.19. The number of nitrogens with two attached hydrogens (primary N) is 1. The van der Waals surface area contributed by atoms with E-state index in [1.165, 1.54) is 109 Å². The third-order valence-corrected chi connectivity index (χ3v) is 12.1. The van der Waals surface area contributed by atoms with Crippen LogP contribution >= 0.6 is 7.82 Å². The third kappa shape index (κ3) is 50.7. The maximum atomic E-state index is 12.7. The van der Waals surface area contributed by atoms with Gasteiger partial charge in [0.2, 0.25) is 0 Å². The Kier molecular flexibility index (Phi) is 48.9. The fraction of sp³-hybridized carbons (Fsp3) is 0.745. The zero-order valence-corrected chi connectivity index (χ0v) is 42.6. The Morgan fingerprint density at radius 3 is 1.28 bits per heavy atom. The molecule has 0 heterocycles. The molecule has 0 bridgehead atoms. The molecular weight excluding hydrogens is 834 g/mol. The van der Waals surface area contributed by atoms with Crippen LogP contribution in [0.25, 0.3) is 0 Å². The number of hydrogen-bond acceptors (Lipinski definition) is 8. The molecule has 0 aromatic carbocycles. The number of allylic oxidation sites excluding steroid dienone is 12. The summed E-state index contributed by atoms with van der Waals surface area (Å²) < 4.78 is 33.0. The Morgan fingerprint density at radius 1 is 0.477 bits per heavy atom. The molecule has 2 atom stereocenters. The zero-order chi connectivity index (χ0) is 47.4. The van der Waals surface area contributed by atoms with Gasteiger partial charge < -0.3 is 20.1 Å². The minimum atomic E-state index is -4.39. The predicted octanol–water partition coefficient (Wildman–Crippen LogP) is 16.2. The van der Waals surface area contributed by atoms with E-state index >= 15 is 0 Å². The van der Waals surface area contributed by atoms with Gasteiger partial charge >= 0.3 is 19.8 Å². The van der Waals surface area contributed by atoms with Crippen molar-refractivity contribution in [3.05, 3.63) is 72.9 Å². The Bertz CT molecular complexity index is 1290. The van der Waals surface area contributed by atoms with Gasteiger partial charge in [0.25, 0.3) is 0 Å². The molecule has 0 aliphatic carbocycles. The van der Waals surface area contributed by atoms with Crippen molar-refractivity contribution in [2.45, 2.75) is 238 Å². The molecule has 0 aromatic rings. The summed E-state index contributed by atoms with van der Waals surface area (Å²) in [5.74, 6) is -0.835. The van der Waals surface area contributed by atoms with E-state index in [0.29, 0.717) is 6.42 Å². The number of rotatable bonds is 49. The summed E-state index contributed by atoms with van der Waals surface area (Å²) in [6.07, 6.45) is 63.7. The standard InChI is InChI=1S/C55H98NO8P/c1-3-5-7-9-11-13-15-17-19-21-22-23-24-25-26-27-28-29-30-32-34-36-38-40-42-44-46-48-55(58)64-53(52-63-65(59,60)62-50-49-56)51-61-54(57)47-45-43-41-39-37-35-33-31-20-18-16-14-12-10-8-6-4-2/h5,7,11,13,17-20,22-23,25-26,53H,3-4,6,8-10,12,14-16,21,24,27-52,56H2,1-2H3,(H,59,60)/b7-5-,13-11-,19-17-,20-18-,23-22-,26-25-. The molecule has 0 amide bonds. The van der Waals surface area contributed by atoms with Crippen molar-refractivity contribution < 1.29 is 37.6 Å². The molecule has 0 rings (SSSR count). The molecule has 0 aliphatic rings. The molecule has 0 spiro atoms. The molecule has 376 valence electrons. The normalized spacial score (nSPS) is 13.7. The van der Waals surface area contributed by atoms with Gasteiger partial charge in [-0.2, -0.15) is 0 Å². The van der Waals surface area contributed by atoms with Gasteiger partial charge in [-0.3, -0.25) is 18.6 Å². The Morgan fingerprint density at radius 2 is 0.846 bits per heavy atom. The minimum absolute atomic E-state index is 0.0500. The number of hydrogen-bond donors (Lipinski definition) is 2. The molecule has 2 unspecified atom stereocenters. The highest BCUT2D eigenvalue weighted by atomic mass is 31.2. The molecule has 0 aromatic heterocycles. The smallest absolute Gasteiger partial charge is 0.462 e. The lowest BCUT2D eigenvalue weighted by molar-refractivity contribution is -0.161. The summed E-state index contributed by atoms with van der Waals surface area (Å²) in [6.45, 7) is 3.62. The van der Waals surface area contributed by atoms with Crippen LogP contribution in [0, 0.1) is 0 Å². The van der Waals surface area contributed by atoms with Gasteiger partial charge in [-0.25, -0.2) is 4.57 Å². The van der Waals surface area contributed by atoms with Crippen LogP contribution in [0.3, 0.4) is 0 Å². The summed E-state index contributed by atoms with van der Waals surface area (Å²) in [5.41, 5.74) is 5.37. The largest absolute Gasteiger partial charge is 0.472 e. The Hall–Kier alpha value is -2.55. The number of unbranched alkanes of at least 4 members (excludes halogenated alkanes) is 24. The molecule has 9 nitrogen and oxygen atoms in total. The van der Waals surface area contributed by atoms with Crippen molar-refractivity contribution in [2.75, 3.05) is 26.4 Å². The quantitative estimate of drug-likeness (QED) is 0.0265. The number of carbonyl (C=O) groups is 2. The van der Waals surface area contributed by atoms with E-state index in [0.717, 1.165) is 89.9 Å². The number of phosphoric ester groups is 1. The van der Waals surface area contributed by atoms with Gasteiger partial charge in [0.15, 0.2) is 6.10 Å². The summed E-state index contributed by atoms with van der Waals surface area (Å²) in [4.78, 5) is 35.1. The highest BCUT2D eigenvalue weighted by Crippen LogP contribution is 2.43. The van der Waals surface area contributed by atoms with Gasteiger partial charge in [0.05, 0.1) is 13.2 Å². The van der Waals surface area contributed by atoms with E-state index in [9.17, 15) is 19.0 Å². The molecular formula is C55H98NO8P. The highest BCUT2D eigenvalue weighted by molar-refractivity contribution is 7.47. The second-order valence-electron chi connectivity index (χ2n) is 17.4. The molecule has 0 saturated heterocycles. The molecule has 10 heteroatoms. The predicted molar refractivity (Wildman–Crippen MR) is 275 cm³/mol. The van der Waals surface area contributed by atoms with Crippen LogP contribution in [-0.2, 0) is 32.7 Å². The van der Waals surface area contributed by atoms with E-state index in [1.54, 1.807) is 0 Å². The van der Waals surface area contributed by atoms with Crippen molar-refractivity contribution in [3.63, 3.8) is 0 Å². The van der Waals surface area contributed by atoms with Crippen LogP contribution in [0.5, 0.6) is 0 Å². The van der Waals surface area contributed by atoms with Crippen molar-refractivity contribution in [1.29, 1.82) is 0 Å². The topological polar surface area (TPSA) is 134 Å². The molecule has 0 radical (unpaired) electrons. The molecule has 0 aliphatic heterocycles. The third-order valence-electron chi connectivity index (χ3n) is 11.1. The van der Waals surface area contributed by atoms with E-state index < -0.39 is 26.5 Å². The monoisotopic (exact) mass is 932 g/mol. The van der Waals surface area contributed by atoms with Crippen LogP contribution in [-0.4, -0.2) is 49.3 Å². The molecule has 65 heavy (non-hydrogen) atoms. The van der Waals surface area contributed by atoms with Crippen LogP contribution in [0.2, 0.25) is 0 Å². The minimum Gasteiger partial charge on any atom is -0.462 e. The van der Waals surface area contributed by atoms with Crippen LogP contribution in [0.1, 0.15) is 232 Å². The average molecular weight is 932 g/mol. The van der Waals surface area contributed by atoms with Crippen LogP contribution in [0.15, 0.2) is 72.9 Å². The first-order valence-corrected chi connectivity index (χ1v) is 27.9. The maximum absolute atomic E-state index is 12.7. The summed E-state index contributed by atoms with van der Waals surface area (Å²) >= 11 is 0. The number of ether oxygens (including phenoxy) is 2. The van der Waals surface area contributed by atoms with Gasteiger partial charge in [-0.15, -0.1) is 0 Å². The zero-order valence-electron chi connectivity index (χ0n) is 41.7. The van der Waals surface area contributed by atoms with Crippen molar-refractivity contribution in [2.24, 2.45) is 5.73 Å². The molecule has 3 N–H and O–H groups in total. The first kappa shape index (κ1) is 62.4. The van der Waals surface area contributed by atoms with Gasteiger partial charge in [0, 0.05) is 19.4 Å².